The third-order valence-electron chi connectivity index (χ3n) is 2.52. The molecule has 0 spiro atoms. The molecule has 0 aliphatic rings. The van der Waals surface area contributed by atoms with Crippen molar-refractivity contribution in [1.29, 1.82) is 0 Å². The van der Waals surface area contributed by atoms with Crippen molar-refractivity contribution in [2.45, 2.75) is 13.3 Å². The van der Waals surface area contributed by atoms with Crippen LogP contribution in [0.1, 0.15) is 12.5 Å². The van der Waals surface area contributed by atoms with E-state index in [9.17, 15) is 10.1 Å². The molecule has 0 bridgehead atoms. The molecule has 20 heavy (non-hydrogen) atoms. The number of halogens is 2. The topological polar surface area (TPSA) is 78.2 Å². The lowest BCUT2D eigenvalue weighted by molar-refractivity contribution is -0.385. The smallest absolute Gasteiger partial charge is 0.311 e. The molecule has 1 heterocycles. The number of aromatic nitrogens is 2. The van der Waals surface area contributed by atoms with Gasteiger partial charge in [-0.05, 0) is 45.6 Å². The lowest BCUT2D eigenvalue weighted by Crippen LogP contribution is -1.97. The Morgan fingerprint density at radius 1 is 1.50 bits per heavy atom. The lowest BCUT2D eigenvalue weighted by Gasteiger charge is -2.08. The highest BCUT2D eigenvalue weighted by Crippen LogP contribution is 2.34. The van der Waals surface area contributed by atoms with Crippen LogP contribution in [0.5, 0.6) is 11.6 Å². The van der Waals surface area contributed by atoms with E-state index in [-0.39, 0.29) is 22.6 Å². The van der Waals surface area contributed by atoms with Gasteiger partial charge in [-0.1, -0.05) is 13.0 Å². The van der Waals surface area contributed by atoms with Gasteiger partial charge in [0.2, 0.25) is 16.9 Å². The van der Waals surface area contributed by atoms with E-state index in [4.69, 9.17) is 16.3 Å². The summed E-state index contributed by atoms with van der Waals surface area (Å²) in [6, 6.07) is 4.78. The van der Waals surface area contributed by atoms with Crippen LogP contribution in [0.25, 0.3) is 0 Å². The molecule has 0 saturated carbocycles. The molecule has 6 nitrogen and oxygen atoms in total. The highest BCUT2D eigenvalue weighted by Gasteiger charge is 2.18. The summed E-state index contributed by atoms with van der Waals surface area (Å²) < 4.78 is 5.91. The van der Waals surface area contributed by atoms with Crippen LogP contribution in [0.15, 0.2) is 28.9 Å². The van der Waals surface area contributed by atoms with Gasteiger partial charge in [0.05, 0.1) is 9.40 Å². The maximum Gasteiger partial charge on any atom is 0.311 e. The molecule has 0 saturated heterocycles. The van der Waals surface area contributed by atoms with E-state index in [2.05, 4.69) is 25.9 Å². The van der Waals surface area contributed by atoms with Crippen LogP contribution in [-0.2, 0) is 6.42 Å². The highest BCUT2D eigenvalue weighted by atomic mass is 79.9. The van der Waals surface area contributed by atoms with Gasteiger partial charge in [0.15, 0.2) is 0 Å². The van der Waals surface area contributed by atoms with Crippen molar-refractivity contribution in [3.8, 4) is 11.6 Å². The second-order valence-corrected chi connectivity index (χ2v) is 5.00. The fourth-order valence-corrected chi connectivity index (χ4v) is 1.92. The zero-order valence-corrected chi connectivity index (χ0v) is 12.7. The summed E-state index contributed by atoms with van der Waals surface area (Å²) in [6.07, 6.45) is 2.11. The first kappa shape index (κ1) is 14.7. The molecule has 0 aliphatic heterocycles. The van der Waals surface area contributed by atoms with E-state index in [0.717, 1.165) is 5.56 Å². The minimum absolute atomic E-state index is 0.00367. The third-order valence-corrected chi connectivity index (χ3v) is 3.24. The van der Waals surface area contributed by atoms with Gasteiger partial charge in [0.1, 0.15) is 0 Å². The van der Waals surface area contributed by atoms with E-state index < -0.39 is 4.92 Å². The predicted molar refractivity (Wildman–Crippen MR) is 77.3 cm³/mol. The zero-order valence-electron chi connectivity index (χ0n) is 10.3. The molecule has 0 N–H and O–H groups in total. The van der Waals surface area contributed by atoms with Crippen molar-refractivity contribution >= 4 is 33.2 Å². The van der Waals surface area contributed by atoms with Gasteiger partial charge < -0.3 is 4.74 Å². The van der Waals surface area contributed by atoms with Crippen molar-refractivity contribution < 1.29 is 9.66 Å². The Labute approximate surface area is 128 Å². The summed E-state index contributed by atoms with van der Waals surface area (Å²) in [5.41, 5.74) is 0.731. The van der Waals surface area contributed by atoms with Gasteiger partial charge in [-0.3, -0.25) is 10.1 Å². The van der Waals surface area contributed by atoms with Gasteiger partial charge in [0, 0.05) is 12.3 Å². The standard InChI is InChI=1S/C12H9BrClN3O3/c1-2-7-3-4-10(9(5-7)17(18)19)20-11-8(13)6-15-12(14)16-11/h3-6H,2H2,1H3. The van der Waals surface area contributed by atoms with Crippen LogP contribution >= 0.6 is 27.5 Å². The number of nitro benzene ring substituents is 1. The molecule has 0 radical (unpaired) electrons. The van der Waals surface area contributed by atoms with Crippen molar-refractivity contribution in [2.75, 3.05) is 0 Å². The van der Waals surface area contributed by atoms with Crippen molar-refractivity contribution in [1.82, 2.24) is 9.97 Å². The first-order valence-corrected chi connectivity index (χ1v) is 6.81. The van der Waals surface area contributed by atoms with Gasteiger partial charge in [0.25, 0.3) is 0 Å². The fraction of sp³-hybridized carbons (Fsp3) is 0.167. The Morgan fingerprint density at radius 3 is 2.90 bits per heavy atom. The van der Waals surface area contributed by atoms with Crippen molar-refractivity contribution in [2.24, 2.45) is 0 Å². The molecule has 1 aromatic carbocycles. The summed E-state index contributed by atoms with van der Waals surface area (Å²) in [5, 5.41) is 11.1. The Morgan fingerprint density at radius 2 is 2.25 bits per heavy atom. The Balaban J connectivity index is 2.42. The fourth-order valence-electron chi connectivity index (χ4n) is 1.52. The largest absolute Gasteiger partial charge is 0.430 e. The van der Waals surface area contributed by atoms with Crippen LogP contribution in [-0.4, -0.2) is 14.9 Å². The second-order valence-electron chi connectivity index (χ2n) is 3.81. The zero-order chi connectivity index (χ0) is 14.7. The van der Waals surface area contributed by atoms with Crippen LogP contribution in [0, 0.1) is 10.1 Å². The number of hydrogen-bond acceptors (Lipinski definition) is 5. The number of aryl methyl sites for hydroxylation is 1. The molecule has 1 aromatic heterocycles. The minimum Gasteiger partial charge on any atom is -0.430 e. The van der Waals surface area contributed by atoms with Crippen LogP contribution in [0.3, 0.4) is 0 Å². The summed E-state index contributed by atoms with van der Waals surface area (Å²) in [7, 11) is 0. The predicted octanol–water partition coefficient (Wildman–Crippen LogP) is 4.16. The first-order valence-electron chi connectivity index (χ1n) is 5.64. The molecular formula is C12H9BrClN3O3. The Bertz CT molecular complexity index is 666. The van der Waals surface area contributed by atoms with Gasteiger partial charge in [-0.25, -0.2) is 4.98 Å². The number of nitrogens with zero attached hydrogens (tertiary/aromatic N) is 3. The Hall–Kier alpha value is -1.73. The average molecular weight is 359 g/mol. The van der Waals surface area contributed by atoms with E-state index in [1.807, 2.05) is 6.92 Å². The molecule has 104 valence electrons. The number of rotatable bonds is 4. The quantitative estimate of drug-likeness (QED) is 0.466. The molecule has 0 unspecified atom stereocenters. The van der Waals surface area contributed by atoms with Gasteiger partial charge >= 0.3 is 5.69 Å². The van der Waals surface area contributed by atoms with E-state index in [1.165, 1.54) is 12.3 Å². The number of benzene rings is 1. The maximum atomic E-state index is 11.1. The van der Waals surface area contributed by atoms with Crippen LogP contribution < -0.4 is 4.74 Å². The van der Waals surface area contributed by atoms with Crippen LogP contribution in [0.4, 0.5) is 5.69 Å². The van der Waals surface area contributed by atoms with Crippen LogP contribution in [0.2, 0.25) is 5.28 Å². The normalized spacial score (nSPS) is 10.3. The van der Waals surface area contributed by atoms with Crippen molar-refractivity contribution in [3.63, 3.8) is 0 Å². The first-order chi connectivity index (χ1) is 9.51. The molecule has 0 fully saturated rings. The van der Waals surface area contributed by atoms with E-state index >= 15 is 0 Å². The third kappa shape index (κ3) is 3.23. The Kier molecular flexibility index (Phi) is 4.51. The molecule has 8 heteroatoms. The van der Waals surface area contributed by atoms with E-state index in [1.54, 1.807) is 12.1 Å². The summed E-state index contributed by atoms with van der Waals surface area (Å²) in [6.45, 7) is 1.92. The number of nitro groups is 1. The lowest BCUT2D eigenvalue weighted by atomic mass is 10.1. The second kappa shape index (κ2) is 6.15. The molecular weight excluding hydrogens is 350 g/mol. The van der Waals surface area contributed by atoms with Crippen molar-refractivity contribution in [3.05, 3.63) is 49.8 Å². The molecule has 0 amide bonds. The minimum atomic E-state index is -0.495. The monoisotopic (exact) mass is 357 g/mol. The summed E-state index contributed by atoms with van der Waals surface area (Å²) >= 11 is 8.88. The molecule has 0 aliphatic carbocycles. The summed E-state index contributed by atoms with van der Waals surface area (Å²) in [4.78, 5) is 18.2. The molecule has 0 atom stereocenters. The average Bonchev–Trinajstić information content (AvgIpc) is 2.43. The van der Waals surface area contributed by atoms with E-state index in [0.29, 0.717) is 10.9 Å². The summed E-state index contributed by atoms with van der Waals surface area (Å²) in [5.74, 6) is 0.222. The number of ether oxygens (including phenoxy) is 1. The van der Waals surface area contributed by atoms with Gasteiger partial charge in [-0.2, -0.15) is 4.98 Å². The maximum absolute atomic E-state index is 11.1. The van der Waals surface area contributed by atoms with Gasteiger partial charge in [-0.15, -0.1) is 0 Å². The highest BCUT2D eigenvalue weighted by molar-refractivity contribution is 9.10. The number of hydrogen-bond donors (Lipinski definition) is 0. The molecule has 2 rings (SSSR count). The molecule has 2 aromatic rings. The SMILES string of the molecule is CCc1ccc(Oc2nc(Cl)ncc2Br)c([N+](=O)[O-])c1.